The van der Waals surface area contributed by atoms with Gasteiger partial charge >= 0.3 is 0 Å². The molecule has 0 N–H and O–H groups in total. The van der Waals surface area contributed by atoms with E-state index in [1.165, 1.54) is 86.9 Å². The van der Waals surface area contributed by atoms with Gasteiger partial charge < -0.3 is 13.9 Å². The van der Waals surface area contributed by atoms with E-state index in [0.29, 0.717) is 5.92 Å². The molecule has 1 saturated carbocycles. The number of benzene rings is 10. The molecule has 320 valence electrons. The summed E-state index contributed by atoms with van der Waals surface area (Å²) in [7, 11) is 0. The Morgan fingerprint density at radius 3 is 1.85 bits per heavy atom. The van der Waals surface area contributed by atoms with Gasteiger partial charge in [0.1, 0.15) is 11.2 Å². The number of hydrogen-bond donors (Lipinski definition) is 0. The van der Waals surface area contributed by atoms with Gasteiger partial charge in [-0.25, -0.2) is 0 Å². The van der Waals surface area contributed by atoms with Crippen LogP contribution in [0.1, 0.15) is 43.6 Å². The van der Waals surface area contributed by atoms with Gasteiger partial charge in [-0.05, 0) is 106 Å². The van der Waals surface area contributed by atoms with E-state index in [2.05, 4.69) is 228 Å². The summed E-state index contributed by atoms with van der Waals surface area (Å²) >= 11 is 0. The Bertz CT molecular complexity index is 3810. The van der Waals surface area contributed by atoms with Gasteiger partial charge in [-0.15, -0.1) is 0 Å². The summed E-state index contributed by atoms with van der Waals surface area (Å²) in [5.41, 5.74) is 17.1. The topological polar surface area (TPSA) is 21.3 Å². The highest BCUT2D eigenvalue weighted by atomic mass is 16.3. The molecule has 0 bridgehead atoms. The van der Waals surface area contributed by atoms with Crippen molar-refractivity contribution < 1.29 is 4.42 Å². The fourth-order valence-electron chi connectivity index (χ4n) is 11.4. The first-order chi connectivity index (χ1) is 33.3. The molecule has 1 aliphatic rings. The molecule has 0 saturated heterocycles. The molecule has 67 heavy (non-hydrogen) atoms. The molecule has 0 aliphatic heterocycles. The van der Waals surface area contributed by atoms with E-state index < -0.39 is 0 Å². The van der Waals surface area contributed by atoms with E-state index in [1.54, 1.807) is 0 Å². The van der Waals surface area contributed by atoms with Crippen LogP contribution in [0.15, 0.2) is 229 Å². The number of nitrogens with zero attached hydrogens (tertiary/aromatic N) is 2. The van der Waals surface area contributed by atoms with Crippen molar-refractivity contribution in [3.63, 3.8) is 0 Å². The molecule has 0 amide bonds. The first-order valence-corrected chi connectivity index (χ1v) is 23.9. The van der Waals surface area contributed by atoms with E-state index in [-0.39, 0.29) is 0 Å². The standard InChI is InChI=1S/C64H48N2O/c1-3-19-43(20-4-1)50-32-15-21-44-22-16-35-56(62(44)50)53-29-7-10-38-59(53)65(49-28-14-24-46(42-49)52-34-18-37-58-55-31-9-12-40-61(55)67-64(52)58)48-27-13-23-45(41-48)51-33-17-36-57-54-30-8-11-39-60(54)66(63(51)57)47-25-5-2-6-26-47/h2,5-18,21-43H,1,3-4,19-20H2. The summed E-state index contributed by atoms with van der Waals surface area (Å²) in [6, 6.07) is 82.3. The lowest BCUT2D eigenvalue weighted by molar-refractivity contribution is 0.445. The Morgan fingerprint density at radius 2 is 1.03 bits per heavy atom. The summed E-state index contributed by atoms with van der Waals surface area (Å²) in [5, 5.41) is 7.42. The van der Waals surface area contributed by atoms with Gasteiger partial charge in [0.2, 0.25) is 0 Å². The average Bonchev–Trinajstić information content (AvgIpc) is 3.96. The molecule has 0 unspecified atom stereocenters. The lowest BCUT2D eigenvalue weighted by atomic mass is 9.80. The third-order valence-corrected chi connectivity index (χ3v) is 14.4. The summed E-state index contributed by atoms with van der Waals surface area (Å²) in [6.07, 6.45) is 6.41. The predicted octanol–water partition coefficient (Wildman–Crippen LogP) is 18.4. The molecule has 0 atom stereocenters. The Labute approximate surface area is 390 Å². The number of hydrogen-bond acceptors (Lipinski definition) is 2. The van der Waals surface area contributed by atoms with Gasteiger partial charge in [0, 0.05) is 55.3 Å². The Morgan fingerprint density at radius 1 is 0.433 bits per heavy atom. The van der Waals surface area contributed by atoms with Crippen LogP contribution < -0.4 is 4.90 Å². The van der Waals surface area contributed by atoms with Gasteiger partial charge in [0.05, 0.1) is 16.7 Å². The minimum absolute atomic E-state index is 0.561. The maximum absolute atomic E-state index is 6.63. The quantitative estimate of drug-likeness (QED) is 0.152. The van der Waals surface area contributed by atoms with E-state index in [4.69, 9.17) is 4.42 Å². The van der Waals surface area contributed by atoms with Crippen LogP contribution >= 0.6 is 0 Å². The van der Waals surface area contributed by atoms with Crippen molar-refractivity contribution >= 4 is 71.6 Å². The Balaban J connectivity index is 1.04. The van der Waals surface area contributed by atoms with Crippen molar-refractivity contribution in [2.24, 2.45) is 0 Å². The summed E-state index contributed by atoms with van der Waals surface area (Å²) in [6.45, 7) is 0. The van der Waals surface area contributed by atoms with Crippen LogP contribution in [0.5, 0.6) is 0 Å². The lowest BCUT2D eigenvalue weighted by Crippen LogP contribution is -2.12. The van der Waals surface area contributed by atoms with Crippen LogP contribution in [0.4, 0.5) is 17.1 Å². The summed E-state index contributed by atoms with van der Waals surface area (Å²) in [4.78, 5) is 2.48. The van der Waals surface area contributed by atoms with Crippen LogP contribution in [-0.4, -0.2) is 4.57 Å². The van der Waals surface area contributed by atoms with Gasteiger partial charge in [-0.1, -0.05) is 189 Å². The number of furan rings is 1. The van der Waals surface area contributed by atoms with Crippen molar-refractivity contribution in [2.45, 2.75) is 38.0 Å². The number of anilines is 3. The third kappa shape index (κ3) is 6.64. The number of aromatic nitrogens is 1. The van der Waals surface area contributed by atoms with Crippen LogP contribution in [0, 0.1) is 0 Å². The second-order valence-electron chi connectivity index (χ2n) is 18.2. The fraction of sp³-hybridized carbons (Fsp3) is 0.0938. The first kappa shape index (κ1) is 39.2. The zero-order valence-corrected chi connectivity index (χ0v) is 37.3. The van der Waals surface area contributed by atoms with Crippen LogP contribution in [0.3, 0.4) is 0 Å². The molecule has 2 heterocycles. The zero-order chi connectivity index (χ0) is 44.3. The summed E-state index contributed by atoms with van der Waals surface area (Å²) in [5.74, 6) is 0.561. The highest BCUT2D eigenvalue weighted by molar-refractivity contribution is 6.14. The van der Waals surface area contributed by atoms with E-state index >= 15 is 0 Å². The Kier molecular flexibility index (Phi) is 9.60. The largest absolute Gasteiger partial charge is 0.455 e. The molecule has 2 aromatic heterocycles. The van der Waals surface area contributed by atoms with Crippen molar-refractivity contribution in [3.05, 3.63) is 230 Å². The van der Waals surface area contributed by atoms with E-state index in [9.17, 15) is 0 Å². The minimum atomic E-state index is 0.561. The molecular formula is C64H48N2O. The molecular weight excluding hydrogens is 813 g/mol. The Hall–Kier alpha value is -8.14. The van der Waals surface area contributed by atoms with Crippen LogP contribution in [0.2, 0.25) is 0 Å². The fourth-order valence-corrected chi connectivity index (χ4v) is 11.4. The molecule has 1 fully saturated rings. The second-order valence-corrected chi connectivity index (χ2v) is 18.2. The average molecular weight is 861 g/mol. The number of fused-ring (bicyclic) bond motifs is 7. The monoisotopic (exact) mass is 860 g/mol. The number of para-hydroxylation sites is 6. The van der Waals surface area contributed by atoms with Crippen molar-refractivity contribution in [1.82, 2.24) is 4.57 Å². The second kappa shape index (κ2) is 16.4. The predicted molar refractivity (Wildman–Crippen MR) is 282 cm³/mol. The molecule has 3 nitrogen and oxygen atoms in total. The highest BCUT2D eigenvalue weighted by Gasteiger charge is 2.24. The van der Waals surface area contributed by atoms with Gasteiger partial charge in [-0.2, -0.15) is 0 Å². The molecule has 12 aromatic rings. The van der Waals surface area contributed by atoms with E-state index in [1.807, 2.05) is 6.07 Å². The smallest absolute Gasteiger partial charge is 0.143 e. The molecule has 10 aromatic carbocycles. The molecule has 13 rings (SSSR count). The van der Waals surface area contributed by atoms with Crippen molar-refractivity contribution in [1.29, 1.82) is 0 Å². The SMILES string of the molecule is c1ccc(-n2c3ccccc3c3cccc(-c4cccc(N(c5cccc(-c6cccc7c6oc6ccccc67)c5)c5ccccc5-c5cccc6cccc(C7CCCCC7)c56)c4)c32)cc1. The van der Waals surface area contributed by atoms with Gasteiger partial charge in [0.25, 0.3) is 0 Å². The normalized spacial score (nSPS) is 13.3. The summed E-state index contributed by atoms with van der Waals surface area (Å²) < 4.78 is 9.07. The third-order valence-electron chi connectivity index (χ3n) is 14.4. The molecule has 1 aliphatic carbocycles. The van der Waals surface area contributed by atoms with Crippen LogP contribution in [-0.2, 0) is 0 Å². The molecule has 0 spiro atoms. The number of rotatable bonds is 8. The maximum Gasteiger partial charge on any atom is 0.143 e. The van der Waals surface area contributed by atoms with E-state index in [0.717, 1.165) is 61.4 Å². The van der Waals surface area contributed by atoms with Gasteiger partial charge in [0.15, 0.2) is 0 Å². The lowest BCUT2D eigenvalue weighted by Gasteiger charge is -2.30. The van der Waals surface area contributed by atoms with Gasteiger partial charge in [-0.3, -0.25) is 0 Å². The van der Waals surface area contributed by atoms with Crippen molar-refractivity contribution in [3.8, 4) is 39.1 Å². The zero-order valence-electron chi connectivity index (χ0n) is 37.3. The maximum atomic E-state index is 6.63. The molecule has 0 radical (unpaired) electrons. The minimum Gasteiger partial charge on any atom is -0.455 e. The van der Waals surface area contributed by atoms with Crippen LogP contribution in [0.25, 0.3) is 93.6 Å². The first-order valence-electron chi connectivity index (χ1n) is 23.9. The molecule has 3 heteroatoms. The highest BCUT2D eigenvalue weighted by Crippen LogP contribution is 2.48. The van der Waals surface area contributed by atoms with Crippen molar-refractivity contribution in [2.75, 3.05) is 4.90 Å².